The number of nitrogens with one attached hydrogen (secondary N) is 1. The van der Waals surface area contributed by atoms with E-state index in [4.69, 9.17) is 25.5 Å². The van der Waals surface area contributed by atoms with Crippen molar-refractivity contribution in [2.45, 2.75) is 12.2 Å². The van der Waals surface area contributed by atoms with E-state index in [0.717, 1.165) is 46.9 Å². The van der Waals surface area contributed by atoms with Crippen molar-refractivity contribution in [1.82, 2.24) is 29.6 Å². The molecule has 0 amide bonds. The average molecular weight is 538 g/mol. The summed E-state index contributed by atoms with van der Waals surface area (Å²) in [7, 11) is 0. The van der Waals surface area contributed by atoms with Crippen molar-refractivity contribution in [3.05, 3.63) is 79.4 Å². The lowest BCUT2D eigenvalue weighted by Gasteiger charge is -2.28. The number of rotatable bonds is 5. The van der Waals surface area contributed by atoms with Gasteiger partial charge in [-0.2, -0.15) is 18.3 Å². The molecule has 1 aliphatic heterocycles. The van der Waals surface area contributed by atoms with Crippen molar-refractivity contribution < 1.29 is 27.8 Å². The third-order valence-corrected chi connectivity index (χ3v) is 5.97. The minimum absolute atomic E-state index is 0.406. The average Bonchev–Trinajstić information content (AvgIpc) is 3.50. The fourth-order valence-electron chi connectivity index (χ4n) is 3.90. The van der Waals surface area contributed by atoms with Crippen LogP contribution in [0.5, 0.6) is 11.5 Å². The Bertz CT molecular complexity index is 1600. The van der Waals surface area contributed by atoms with E-state index in [9.17, 15) is 13.2 Å². The molecule has 4 heterocycles. The van der Waals surface area contributed by atoms with Crippen molar-refractivity contribution in [3.8, 4) is 28.4 Å². The van der Waals surface area contributed by atoms with E-state index >= 15 is 0 Å². The third-order valence-electron chi connectivity index (χ3n) is 5.97. The van der Waals surface area contributed by atoms with Crippen molar-refractivity contribution in [3.63, 3.8) is 0 Å². The van der Waals surface area contributed by atoms with Crippen LogP contribution in [-0.4, -0.2) is 54.7 Å². The van der Waals surface area contributed by atoms with Gasteiger partial charge < -0.3 is 25.5 Å². The Hall–Kier alpha value is -4.91. The summed E-state index contributed by atoms with van der Waals surface area (Å²) in [6.45, 7) is 1.96. The summed E-state index contributed by atoms with van der Waals surface area (Å²) < 4.78 is 41.7. The Morgan fingerprint density at radius 2 is 1.69 bits per heavy atom. The maximum atomic E-state index is 10.6. The van der Waals surface area contributed by atoms with Gasteiger partial charge in [-0.15, -0.1) is 0 Å². The number of carboxylic acids is 1. The van der Waals surface area contributed by atoms with E-state index in [1.165, 1.54) is 6.33 Å². The molecule has 13 heteroatoms. The van der Waals surface area contributed by atoms with Gasteiger partial charge in [-0.1, -0.05) is 18.2 Å². The minimum Gasteiger partial charge on any atom is -0.475 e. The number of nitrogens with zero attached hydrogens (tertiary/aromatic N) is 5. The normalized spacial score (nSPS) is 13.4. The molecule has 200 valence electrons. The molecule has 39 heavy (non-hydrogen) atoms. The van der Waals surface area contributed by atoms with Crippen LogP contribution in [-0.2, 0) is 4.79 Å². The van der Waals surface area contributed by atoms with Gasteiger partial charge in [0.05, 0.1) is 17.1 Å². The summed E-state index contributed by atoms with van der Waals surface area (Å²) >= 11 is 0. The van der Waals surface area contributed by atoms with Crippen LogP contribution >= 0.6 is 0 Å². The number of aromatic nitrogens is 5. The number of alkyl halides is 3. The Morgan fingerprint density at radius 3 is 2.31 bits per heavy atom. The van der Waals surface area contributed by atoms with Gasteiger partial charge in [0, 0.05) is 31.0 Å². The number of hydrogen-bond acceptors (Lipinski definition) is 7. The van der Waals surface area contributed by atoms with Gasteiger partial charge in [-0.3, -0.25) is 0 Å². The topological polar surface area (TPSA) is 133 Å². The maximum Gasteiger partial charge on any atom is 0.490 e. The number of benzene rings is 2. The molecule has 0 bridgehead atoms. The predicted molar refractivity (Wildman–Crippen MR) is 137 cm³/mol. The molecule has 0 spiro atoms. The fraction of sp³-hybridized carbons (Fsp3) is 0.154. The van der Waals surface area contributed by atoms with Gasteiger partial charge in [0.25, 0.3) is 0 Å². The lowest BCUT2D eigenvalue weighted by molar-refractivity contribution is -0.192. The van der Waals surface area contributed by atoms with Crippen molar-refractivity contribution in [2.24, 2.45) is 0 Å². The Labute approximate surface area is 219 Å². The van der Waals surface area contributed by atoms with Gasteiger partial charge in [-0.25, -0.2) is 19.4 Å². The first-order chi connectivity index (χ1) is 18.7. The third kappa shape index (κ3) is 5.52. The number of carboxylic acid groups (broad SMARTS) is 1. The Morgan fingerprint density at radius 1 is 1.03 bits per heavy atom. The highest BCUT2D eigenvalue weighted by molar-refractivity contribution is 5.98. The highest BCUT2D eigenvalue weighted by Crippen LogP contribution is 2.33. The number of halogens is 3. The number of nitrogen functional groups attached to an aromatic ring is 1. The maximum absolute atomic E-state index is 10.6. The van der Waals surface area contributed by atoms with Crippen LogP contribution in [0.2, 0.25) is 0 Å². The van der Waals surface area contributed by atoms with E-state index in [0.29, 0.717) is 17.5 Å². The standard InChI is InChI=1S/C24H21N7O.C2HF3O2/c25-23-21-22(16-6-8-20(9-7-16)32-19-4-2-1-3-5-19)29-31(24(21)28-15-27-23)17-10-11-30(14-17)18-12-26-13-18;3-2(4,5)1(6)7/h1-11,14-15,18,26H,12-13H2,(H2,25,27,28);(H,6,7). The first-order valence-corrected chi connectivity index (χ1v) is 11.7. The lowest BCUT2D eigenvalue weighted by Crippen LogP contribution is -2.42. The van der Waals surface area contributed by atoms with Crippen molar-refractivity contribution in [2.75, 3.05) is 18.8 Å². The van der Waals surface area contributed by atoms with Crippen LogP contribution in [0.15, 0.2) is 79.4 Å². The van der Waals surface area contributed by atoms with Gasteiger partial charge in [-0.05, 0) is 42.5 Å². The molecule has 4 N–H and O–H groups in total. The number of carbonyl (C=O) groups is 1. The number of aliphatic carboxylic acids is 1. The molecule has 1 aliphatic rings. The minimum atomic E-state index is -5.08. The second kappa shape index (κ2) is 10.5. The molecular weight excluding hydrogens is 515 g/mol. The van der Waals surface area contributed by atoms with Crippen molar-refractivity contribution >= 4 is 22.8 Å². The smallest absolute Gasteiger partial charge is 0.475 e. The quantitative estimate of drug-likeness (QED) is 0.300. The number of hydrogen-bond donors (Lipinski definition) is 3. The summed E-state index contributed by atoms with van der Waals surface area (Å²) in [4.78, 5) is 17.6. The Balaban J connectivity index is 0.000000392. The molecule has 0 saturated carbocycles. The number of fused-ring (bicyclic) bond motifs is 1. The Kier molecular flexibility index (Phi) is 6.90. The zero-order valence-electron chi connectivity index (χ0n) is 20.2. The number of ether oxygens (including phenoxy) is 1. The van der Waals surface area contributed by atoms with Crippen molar-refractivity contribution in [1.29, 1.82) is 0 Å². The van der Waals surface area contributed by atoms with Gasteiger partial charge in [0.2, 0.25) is 0 Å². The highest BCUT2D eigenvalue weighted by Gasteiger charge is 2.38. The second-order valence-corrected chi connectivity index (χ2v) is 8.59. The molecule has 1 fully saturated rings. The van der Waals surface area contributed by atoms with E-state index < -0.39 is 12.1 Å². The molecule has 0 radical (unpaired) electrons. The molecule has 5 aromatic rings. The molecule has 6 rings (SSSR count). The van der Waals surface area contributed by atoms with Gasteiger partial charge in [0.1, 0.15) is 29.3 Å². The van der Waals surface area contributed by atoms with Crippen LogP contribution in [0.1, 0.15) is 6.04 Å². The molecule has 1 saturated heterocycles. The lowest BCUT2D eigenvalue weighted by atomic mass is 10.1. The summed E-state index contributed by atoms with van der Waals surface area (Å²) in [5, 5.41) is 16.0. The number of para-hydroxylation sites is 1. The molecule has 2 aromatic carbocycles. The predicted octanol–water partition coefficient (Wildman–Crippen LogP) is 4.44. The largest absolute Gasteiger partial charge is 0.490 e. The summed E-state index contributed by atoms with van der Waals surface area (Å²) in [6, 6.07) is 20.0. The zero-order chi connectivity index (χ0) is 27.6. The van der Waals surface area contributed by atoms with Crippen LogP contribution < -0.4 is 15.8 Å². The summed E-state index contributed by atoms with van der Waals surface area (Å²) in [5.74, 6) is -0.811. The van der Waals surface area contributed by atoms with E-state index in [-0.39, 0.29) is 0 Å². The number of nitrogens with two attached hydrogens (primary N) is 1. The van der Waals surface area contributed by atoms with E-state index in [2.05, 4.69) is 32.2 Å². The van der Waals surface area contributed by atoms with Gasteiger partial charge in [0.15, 0.2) is 5.65 Å². The molecule has 3 aromatic heterocycles. The van der Waals surface area contributed by atoms with Gasteiger partial charge >= 0.3 is 12.1 Å². The van der Waals surface area contributed by atoms with E-state index in [1.54, 1.807) is 0 Å². The zero-order valence-corrected chi connectivity index (χ0v) is 20.2. The molecule has 10 nitrogen and oxygen atoms in total. The first kappa shape index (κ1) is 25.7. The van der Waals surface area contributed by atoms with Crippen LogP contribution in [0.25, 0.3) is 28.0 Å². The SMILES string of the molecule is Nc1ncnc2c1c(-c1ccc(Oc3ccccc3)cc1)nn2-c1ccn(C2CNC2)c1.O=C(O)C(F)(F)F. The highest BCUT2D eigenvalue weighted by atomic mass is 19.4. The van der Waals surface area contributed by atoms with Crippen LogP contribution in [0, 0.1) is 0 Å². The first-order valence-electron chi connectivity index (χ1n) is 11.7. The molecule has 0 atom stereocenters. The second-order valence-electron chi connectivity index (χ2n) is 8.59. The molecular formula is C26H22F3N7O3. The molecule has 0 aliphatic carbocycles. The monoisotopic (exact) mass is 537 g/mol. The summed E-state index contributed by atoms with van der Waals surface area (Å²) in [5.41, 5.74) is 9.53. The van der Waals surface area contributed by atoms with Crippen LogP contribution in [0.4, 0.5) is 19.0 Å². The van der Waals surface area contributed by atoms with Crippen LogP contribution in [0.3, 0.4) is 0 Å². The fourth-order valence-corrected chi connectivity index (χ4v) is 3.90. The summed E-state index contributed by atoms with van der Waals surface area (Å²) in [6.07, 6.45) is 0.564. The number of anilines is 1. The molecule has 0 unspecified atom stereocenters. The van der Waals surface area contributed by atoms with E-state index in [1.807, 2.05) is 65.3 Å².